The molecule has 0 fully saturated rings. The Kier molecular flexibility index (Phi) is 3.30. The minimum atomic E-state index is -0.514. The van der Waals surface area contributed by atoms with Crippen molar-refractivity contribution >= 4 is 17.3 Å². The van der Waals surface area contributed by atoms with E-state index in [1.807, 2.05) is 12.1 Å². The maximum absolute atomic E-state index is 11.1. The Bertz CT molecular complexity index is 605. The molecule has 0 unspecified atom stereocenters. The van der Waals surface area contributed by atoms with E-state index >= 15 is 0 Å². The van der Waals surface area contributed by atoms with E-state index in [-0.39, 0.29) is 0 Å². The first kappa shape index (κ1) is 11.5. The van der Waals surface area contributed by atoms with Crippen LogP contribution >= 0.6 is 11.6 Å². The molecule has 0 spiro atoms. The van der Waals surface area contributed by atoms with Crippen LogP contribution in [0.15, 0.2) is 39.9 Å². The molecule has 5 nitrogen and oxygen atoms in total. The second-order valence-electron chi connectivity index (χ2n) is 3.48. The highest BCUT2D eigenvalue weighted by Gasteiger charge is 1.97. The highest BCUT2D eigenvalue weighted by Crippen LogP contribution is 2.15. The van der Waals surface area contributed by atoms with Gasteiger partial charge in [-0.3, -0.25) is 9.78 Å². The zero-order valence-corrected chi connectivity index (χ0v) is 9.54. The molecule has 88 valence electrons. The van der Waals surface area contributed by atoms with E-state index in [4.69, 9.17) is 11.6 Å². The number of H-pyrrole nitrogens is 2. The van der Waals surface area contributed by atoms with Crippen molar-refractivity contribution in [2.24, 2.45) is 0 Å². The van der Waals surface area contributed by atoms with Crippen LogP contribution in [-0.4, -0.2) is 9.97 Å². The predicted molar refractivity (Wildman–Crippen MR) is 66.5 cm³/mol. The van der Waals surface area contributed by atoms with Crippen LogP contribution in [0, 0.1) is 0 Å². The molecule has 0 atom stereocenters. The second kappa shape index (κ2) is 4.88. The lowest BCUT2D eigenvalue weighted by atomic mass is 10.3. The fourth-order valence-electron chi connectivity index (χ4n) is 1.41. The molecule has 1 heterocycles. The zero-order valence-electron chi connectivity index (χ0n) is 8.79. The van der Waals surface area contributed by atoms with Gasteiger partial charge in [-0.05, 0) is 18.2 Å². The molecule has 6 heteroatoms. The first-order chi connectivity index (χ1) is 8.13. The Morgan fingerprint density at radius 3 is 2.71 bits per heavy atom. The van der Waals surface area contributed by atoms with Gasteiger partial charge in [0.25, 0.3) is 5.56 Å². The molecule has 0 aliphatic carbocycles. The molecule has 1 aromatic carbocycles. The lowest BCUT2D eigenvalue weighted by Gasteiger charge is -2.05. The molecule has 0 bridgehead atoms. The molecular formula is C11H10ClN3O2. The van der Waals surface area contributed by atoms with Crippen LogP contribution in [0.2, 0.25) is 5.02 Å². The Balaban J connectivity index is 2.12. The first-order valence-electron chi connectivity index (χ1n) is 4.95. The summed E-state index contributed by atoms with van der Waals surface area (Å²) in [6.45, 7) is 0.347. The van der Waals surface area contributed by atoms with E-state index < -0.39 is 11.2 Å². The second-order valence-corrected chi connectivity index (χ2v) is 3.91. The van der Waals surface area contributed by atoms with E-state index in [0.717, 1.165) is 5.69 Å². The van der Waals surface area contributed by atoms with E-state index in [2.05, 4.69) is 15.3 Å². The molecule has 3 N–H and O–H groups in total. The summed E-state index contributed by atoms with van der Waals surface area (Å²) in [5.41, 5.74) is 0.398. The first-order valence-corrected chi connectivity index (χ1v) is 5.33. The molecule has 2 aromatic rings. The van der Waals surface area contributed by atoms with Crippen molar-refractivity contribution in [1.29, 1.82) is 0 Å². The Hall–Kier alpha value is -2.01. The van der Waals surface area contributed by atoms with E-state index in [1.165, 1.54) is 6.07 Å². The van der Waals surface area contributed by atoms with Crippen LogP contribution in [0.1, 0.15) is 5.69 Å². The Morgan fingerprint density at radius 1 is 1.18 bits per heavy atom. The number of rotatable bonds is 3. The predicted octanol–water partition coefficient (Wildman–Crippen LogP) is 1.33. The van der Waals surface area contributed by atoms with E-state index in [0.29, 0.717) is 17.3 Å². The third kappa shape index (κ3) is 3.22. The smallest absolute Gasteiger partial charge is 0.325 e. The van der Waals surface area contributed by atoms with Gasteiger partial charge in [-0.2, -0.15) is 0 Å². The van der Waals surface area contributed by atoms with Crippen molar-refractivity contribution in [2.75, 3.05) is 5.32 Å². The number of hydrogen-bond acceptors (Lipinski definition) is 3. The molecule has 0 radical (unpaired) electrons. The van der Waals surface area contributed by atoms with Crippen molar-refractivity contribution in [3.8, 4) is 0 Å². The summed E-state index contributed by atoms with van der Waals surface area (Å²) in [7, 11) is 0. The Morgan fingerprint density at radius 2 is 2.00 bits per heavy atom. The summed E-state index contributed by atoms with van der Waals surface area (Å²) >= 11 is 5.82. The van der Waals surface area contributed by atoms with Crippen molar-refractivity contribution in [2.45, 2.75) is 6.54 Å². The molecule has 17 heavy (non-hydrogen) atoms. The van der Waals surface area contributed by atoms with Crippen molar-refractivity contribution in [3.63, 3.8) is 0 Å². The average Bonchev–Trinajstić information content (AvgIpc) is 2.25. The van der Waals surface area contributed by atoms with Gasteiger partial charge in [-0.25, -0.2) is 4.79 Å². The number of aromatic nitrogens is 2. The lowest BCUT2D eigenvalue weighted by molar-refractivity contribution is 0.942. The number of anilines is 1. The molecule has 0 aliphatic heterocycles. The molecule has 0 aliphatic rings. The summed E-state index contributed by atoms with van der Waals surface area (Å²) in [4.78, 5) is 26.7. The quantitative estimate of drug-likeness (QED) is 0.770. The van der Waals surface area contributed by atoms with E-state index in [1.54, 1.807) is 12.1 Å². The molecule has 0 amide bonds. The molecule has 2 rings (SSSR count). The lowest BCUT2D eigenvalue weighted by Crippen LogP contribution is -2.23. The third-order valence-electron chi connectivity index (χ3n) is 2.12. The van der Waals surface area contributed by atoms with Crippen LogP contribution < -0.4 is 16.6 Å². The number of benzene rings is 1. The maximum atomic E-state index is 11.1. The molecule has 1 aromatic heterocycles. The average molecular weight is 252 g/mol. The van der Waals surface area contributed by atoms with Crippen LogP contribution in [0.25, 0.3) is 0 Å². The van der Waals surface area contributed by atoms with Gasteiger partial charge in [-0.15, -0.1) is 0 Å². The fourth-order valence-corrected chi connectivity index (χ4v) is 1.60. The maximum Gasteiger partial charge on any atom is 0.325 e. The van der Waals surface area contributed by atoms with Crippen LogP contribution in [0.3, 0.4) is 0 Å². The zero-order chi connectivity index (χ0) is 12.3. The van der Waals surface area contributed by atoms with Crippen molar-refractivity contribution in [3.05, 3.63) is 61.9 Å². The molecule has 0 saturated heterocycles. The number of hydrogen-bond donors (Lipinski definition) is 3. The van der Waals surface area contributed by atoms with Gasteiger partial charge < -0.3 is 10.3 Å². The van der Waals surface area contributed by atoms with Gasteiger partial charge in [-0.1, -0.05) is 17.7 Å². The summed E-state index contributed by atoms with van der Waals surface area (Å²) in [5, 5.41) is 3.67. The number of aromatic amines is 2. The van der Waals surface area contributed by atoms with Crippen LogP contribution in [-0.2, 0) is 6.54 Å². The summed E-state index contributed by atoms with van der Waals surface area (Å²) in [6.07, 6.45) is 0. The number of nitrogens with one attached hydrogen (secondary N) is 3. The Labute approximate surface area is 101 Å². The van der Waals surface area contributed by atoms with Gasteiger partial charge in [0, 0.05) is 22.5 Å². The highest BCUT2D eigenvalue weighted by molar-refractivity contribution is 6.30. The standard InChI is InChI=1S/C11H10ClN3O2/c12-7-2-1-3-8(4-7)13-6-9-5-10(16)15-11(17)14-9/h1-5,13H,6H2,(H2,14,15,16,17). The highest BCUT2D eigenvalue weighted by atomic mass is 35.5. The minimum Gasteiger partial charge on any atom is -0.379 e. The van der Waals surface area contributed by atoms with Crippen molar-refractivity contribution < 1.29 is 0 Å². The fraction of sp³-hybridized carbons (Fsp3) is 0.0909. The summed E-state index contributed by atoms with van der Waals surface area (Å²) < 4.78 is 0. The largest absolute Gasteiger partial charge is 0.379 e. The monoisotopic (exact) mass is 251 g/mol. The van der Waals surface area contributed by atoms with Crippen LogP contribution in [0.5, 0.6) is 0 Å². The van der Waals surface area contributed by atoms with Gasteiger partial charge in [0.05, 0.1) is 6.54 Å². The van der Waals surface area contributed by atoms with Gasteiger partial charge in [0.2, 0.25) is 0 Å². The SMILES string of the molecule is O=c1cc(CNc2cccc(Cl)c2)[nH]c(=O)[nH]1. The summed E-state index contributed by atoms with van der Waals surface area (Å²) in [6, 6.07) is 8.51. The minimum absolute atomic E-state index is 0.347. The molecule has 0 saturated carbocycles. The van der Waals surface area contributed by atoms with Gasteiger partial charge in [0.15, 0.2) is 0 Å². The normalized spacial score (nSPS) is 10.2. The topological polar surface area (TPSA) is 77.8 Å². The van der Waals surface area contributed by atoms with Crippen molar-refractivity contribution in [1.82, 2.24) is 9.97 Å². The third-order valence-corrected chi connectivity index (χ3v) is 2.36. The van der Waals surface area contributed by atoms with Gasteiger partial charge in [0.1, 0.15) is 0 Å². The van der Waals surface area contributed by atoms with Gasteiger partial charge >= 0.3 is 5.69 Å². The molecular weight excluding hydrogens is 242 g/mol. The van der Waals surface area contributed by atoms with E-state index in [9.17, 15) is 9.59 Å². The summed E-state index contributed by atoms with van der Waals surface area (Å²) in [5.74, 6) is 0. The number of halogens is 1. The van der Waals surface area contributed by atoms with Crippen LogP contribution in [0.4, 0.5) is 5.69 Å².